The maximum atomic E-state index is 15.1. The number of anilines is 2. The average molecular weight is 627 g/mol. The van der Waals surface area contributed by atoms with Gasteiger partial charge >= 0.3 is 0 Å². The number of benzene rings is 2. The quantitative estimate of drug-likeness (QED) is 0.313. The lowest BCUT2D eigenvalue weighted by Crippen LogP contribution is -2.39. The first kappa shape index (κ1) is 29.4. The van der Waals surface area contributed by atoms with Gasteiger partial charge in [0.05, 0.1) is 37.5 Å². The van der Waals surface area contributed by atoms with Gasteiger partial charge < -0.3 is 20.5 Å². The van der Waals surface area contributed by atoms with Gasteiger partial charge in [-0.05, 0) is 25.0 Å². The highest BCUT2D eigenvalue weighted by Gasteiger charge is 2.43. The smallest absolute Gasteiger partial charge is 0.234 e. The fourth-order valence-electron chi connectivity index (χ4n) is 4.94. The van der Waals surface area contributed by atoms with Crippen molar-refractivity contribution < 1.29 is 23.5 Å². The summed E-state index contributed by atoms with van der Waals surface area (Å²) in [5.74, 6) is -1.06. The fraction of sp³-hybridized carbons (Fsp3) is 0.250. The predicted molar refractivity (Wildman–Crippen MR) is 158 cm³/mol. The molecule has 0 saturated carbocycles. The van der Waals surface area contributed by atoms with Gasteiger partial charge in [-0.3, -0.25) is 14.5 Å². The molecule has 2 aliphatic rings. The molecule has 0 radical (unpaired) electrons. The molecule has 0 spiro atoms. The van der Waals surface area contributed by atoms with Crippen LogP contribution in [0.5, 0.6) is 11.5 Å². The Hall–Kier alpha value is -4.12. The molecule has 216 valence electrons. The maximum Gasteiger partial charge on any atom is 0.234 e. The first-order valence-corrected chi connectivity index (χ1v) is 14.8. The van der Waals surface area contributed by atoms with Gasteiger partial charge in [-0.1, -0.05) is 40.8 Å². The summed E-state index contributed by atoms with van der Waals surface area (Å²) in [4.78, 5) is 27.5. The van der Waals surface area contributed by atoms with Gasteiger partial charge in [0.15, 0.2) is 10.1 Å². The van der Waals surface area contributed by atoms with Crippen LogP contribution in [-0.2, 0) is 9.59 Å². The van der Waals surface area contributed by atoms with E-state index < -0.39 is 11.7 Å². The number of methoxy groups -OCH3 is 2. The zero-order valence-corrected chi connectivity index (χ0v) is 24.8. The van der Waals surface area contributed by atoms with Crippen LogP contribution in [0, 0.1) is 17.1 Å². The van der Waals surface area contributed by atoms with Gasteiger partial charge in [-0.15, -0.1) is 10.2 Å². The van der Waals surface area contributed by atoms with Crippen LogP contribution in [-0.4, -0.2) is 41.9 Å². The first-order chi connectivity index (χ1) is 20.2. The Bertz CT molecular complexity index is 1640. The second-order valence-electron chi connectivity index (χ2n) is 9.24. The molecule has 3 aromatic rings. The number of amides is 1. The topological polar surface area (TPSA) is 143 Å². The number of carbonyl (C=O) groups excluding carboxylic acids is 2. The molecule has 0 saturated heterocycles. The lowest BCUT2D eigenvalue weighted by Gasteiger charge is -2.38. The Kier molecular flexibility index (Phi) is 8.67. The minimum absolute atomic E-state index is 0.00602. The van der Waals surface area contributed by atoms with Crippen molar-refractivity contribution in [3.05, 3.63) is 75.5 Å². The van der Waals surface area contributed by atoms with Crippen LogP contribution in [0.3, 0.4) is 0 Å². The highest BCUT2D eigenvalue weighted by atomic mass is 35.5. The zero-order chi connectivity index (χ0) is 30.0. The van der Waals surface area contributed by atoms with Crippen LogP contribution < -0.4 is 25.4 Å². The van der Waals surface area contributed by atoms with E-state index in [1.165, 1.54) is 32.4 Å². The molecule has 1 amide bonds. The molecule has 1 atom stereocenters. The molecule has 0 bridgehead atoms. The van der Waals surface area contributed by atoms with E-state index in [0.29, 0.717) is 45.2 Å². The summed E-state index contributed by atoms with van der Waals surface area (Å²) < 4.78 is 26.0. The molecule has 10 nitrogen and oxygen atoms in total. The van der Waals surface area contributed by atoms with Crippen LogP contribution in [0.2, 0.25) is 5.02 Å². The summed E-state index contributed by atoms with van der Waals surface area (Å²) in [5.41, 5.74) is 7.88. The Morgan fingerprint density at radius 2 is 2.00 bits per heavy atom. The summed E-state index contributed by atoms with van der Waals surface area (Å²) in [6.07, 6.45) is 1.26. The van der Waals surface area contributed by atoms with Crippen molar-refractivity contribution in [1.82, 2.24) is 10.2 Å². The molecule has 1 aliphatic heterocycles. The van der Waals surface area contributed by atoms with E-state index in [-0.39, 0.29) is 51.4 Å². The molecule has 2 heterocycles. The number of hydrogen-bond acceptors (Lipinski definition) is 11. The van der Waals surface area contributed by atoms with E-state index in [1.54, 1.807) is 23.1 Å². The van der Waals surface area contributed by atoms with Crippen LogP contribution in [0.15, 0.2) is 63.4 Å². The van der Waals surface area contributed by atoms with Gasteiger partial charge in [-0.2, -0.15) is 5.26 Å². The fourth-order valence-corrected chi connectivity index (χ4v) is 6.89. The molecular weight excluding hydrogens is 603 g/mol. The highest BCUT2D eigenvalue weighted by molar-refractivity contribution is 8.01. The third-order valence-electron chi connectivity index (χ3n) is 6.75. The van der Waals surface area contributed by atoms with E-state index >= 15 is 4.39 Å². The van der Waals surface area contributed by atoms with Crippen molar-refractivity contribution in [3.63, 3.8) is 0 Å². The van der Waals surface area contributed by atoms with Crippen LogP contribution in [0.25, 0.3) is 0 Å². The molecule has 2 aromatic carbocycles. The SMILES string of the molecule is COc1cc(NC(=O)CSc2nnc(N3C(N)=C(C#N)C(c4c(F)cccc4Cl)C4=C3CCCC4=O)s2)cc(OC)c1. The Labute approximate surface area is 253 Å². The summed E-state index contributed by atoms with van der Waals surface area (Å²) in [5, 5.41) is 21.8. The van der Waals surface area contributed by atoms with Gasteiger partial charge in [-0.25, -0.2) is 4.39 Å². The number of rotatable bonds is 8. The third kappa shape index (κ3) is 5.65. The van der Waals surface area contributed by atoms with Gasteiger partial charge in [0.25, 0.3) is 0 Å². The lowest BCUT2D eigenvalue weighted by molar-refractivity contribution is -0.116. The van der Waals surface area contributed by atoms with E-state index in [0.717, 1.165) is 23.1 Å². The Balaban J connectivity index is 1.41. The predicted octanol–water partition coefficient (Wildman–Crippen LogP) is 5.38. The molecular formula is C28H24ClFN6O4S2. The van der Waals surface area contributed by atoms with Crippen molar-refractivity contribution in [2.24, 2.45) is 5.73 Å². The number of ketones is 1. The summed E-state index contributed by atoms with van der Waals surface area (Å²) in [7, 11) is 3.04. The number of nitrogens with one attached hydrogen (secondary N) is 1. The van der Waals surface area contributed by atoms with E-state index in [4.69, 9.17) is 26.8 Å². The Morgan fingerprint density at radius 3 is 2.67 bits per heavy atom. The molecule has 5 rings (SSSR count). The largest absolute Gasteiger partial charge is 0.497 e. The normalized spacial score (nSPS) is 16.7. The van der Waals surface area contributed by atoms with Gasteiger partial charge in [0.1, 0.15) is 23.1 Å². The number of hydrogen-bond donors (Lipinski definition) is 2. The number of nitrogens with zero attached hydrogens (tertiary/aromatic N) is 4. The maximum absolute atomic E-state index is 15.1. The lowest BCUT2D eigenvalue weighted by atomic mass is 9.75. The molecule has 1 aromatic heterocycles. The molecule has 1 unspecified atom stereocenters. The standard InChI is InChI=1S/C28H24ClFN6O4S2/c1-39-15-9-14(10-16(11-15)40-2)33-22(38)13-41-28-35-34-27(42-28)36-20-7-4-8-21(37)25(20)23(17(12-31)26(36)32)24-18(29)5-3-6-19(24)30/h3,5-6,9-11,23H,4,7-8,13,32H2,1-2H3,(H,33,38). The van der Waals surface area contributed by atoms with E-state index in [1.807, 2.05) is 0 Å². The van der Waals surface area contributed by atoms with E-state index in [2.05, 4.69) is 21.6 Å². The minimum atomic E-state index is -1.04. The van der Waals surface area contributed by atoms with Crippen molar-refractivity contribution in [2.45, 2.75) is 29.5 Å². The van der Waals surface area contributed by atoms with Crippen LogP contribution >= 0.6 is 34.7 Å². The van der Waals surface area contributed by atoms with Crippen molar-refractivity contribution in [3.8, 4) is 17.6 Å². The Morgan fingerprint density at radius 1 is 1.26 bits per heavy atom. The number of ether oxygens (including phenoxy) is 2. The number of Topliss-reactive ketones (excluding diaryl/α,β-unsaturated/α-hetero) is 1. The molecule has 1 aliphatic carbocycles. The monoisotopic (exact) mass is 626 g/mol. The van der Waals surface area contributed by atoms with E-state index in [9.17, 15) is 14.9 Å². The second-order valence-corrected chi connectivity index (χ2v) is 11.8. The van der Waals surface area contributed by atoms with Gasteiger partial charge in [0, 0.05) is 52.2 Å². The van der Waals surface area contributed by atoms with Crippen LogP contribution in [0.4, 0.5) is 15.2 Å². The number of carbonyl (C=O) groups is 2. The van der Waals surface area contributed by atoms with Crippen molar-refractivity contribution >= 4 is 57.2 Å². The van der Waals surface area contributed by atoms with Crippen LogP contribution in [0.1, 0.15) is 30.7 Å². The van der Waals surface area contributed by atoms with Gasteiger partial charge in [0.2, 0.25) is 11.0 Å². The number of aromatic nitrogens is 2. The zero-order valence-electron chi connectivity index (χ0n) is 22.4. The number of thioether (sulfide) groups is 1. The number of allylic oxidation sites excluding steroid dienone is 3. The molecule has 3 N–H and O–H groups in total. The summed E-state index contributed by atoms with van der Waals surface area (Å²) in [6, 6.07) is 11.3. The highest BCUT2D eigenvalue weighted by Crippen LogP contribution is 2.49. The summed E-state index contributed by atoms with van der Waals surface area (Å²) >= 11 is 8.70. The third-order valence-corrected chi connectivity index (χ3v) is 9.12. The molecule has 14 heteroatoms. The first-order valence-electron chi connectivity index (χ1n) is 12.6. The number of nitrogens with two attached hydrogens (primary N) is 1. The van der Waals surface area contributed by atoms with Crippen molar-refractivity contribution in [1.29, 1.82) is 5.26 Å². The summed E-state index contributed by atoms with van der Waals surface area (Å²) in [6.45, 7) is 0. The molecule has 0 fully saturated rings. The number of halogens is 2. The van der Waals surface area contributed by atoms with Crippen molar-refractivity contribution in [2.75, 3.05) is 30.2 Å². The second kappa shape index (κ2) is 12.4. The molecule has 42 heavy (non-hydrogen) atoms. The number of nitriles is 1. The minimum Gasteiger partial charge on any atom is -0.497 e. The average Bonchev–Trinajstić information content (AvgIpc) is 3.44.